The molecule has 0 radical (unpaired) electrons. The van der Waals surface area contributed by atoms with Crippen molar-refractivity contribution in [2.24, 2.45) is 11.0 Å². The van der Waals surface area contributed by atoms with E-state index in [2.05, 4.69) is 10.0 Å². The average Bonchev–Trinajstić information content (AvgIpc) is 2.34. The molecule has 114 valence electrons. The van der Waals surface area contributed by atoms with Crippen molar-refractivity contribution < 1.29 is 14.6 Å². The van der Waals surface area contributed by atoms with Crippen LogP contribution in [0.2, 0.25) is 0 Å². The summed E-state index contributed by atoms with van der Waals surface area (Å²) in [5, 5.41) is 13.8. The Morgan fingerprint density at radius 2 is 2.15 bits per heavy atom. The number of amides is 1. The molecule has 1 aliphatic heterocycles. The minimum Gasteiger partial charge on any atom is -0.444 e. The number of rotatable bonds is 3. The fourth-order valence-electron chi connectivity index (χ4n) is 2.28. The summed E-state index contributed by atoms with van der Waals surface area (Å²) >= 11 is 0. The SMILES string of the molecule is CC(C)(C)OC(=O)N1CCC[C@H]([C@](C)(O)CN=[N+]=[N-])C1. The first-order valence-corrected chi connectivity index (χ1v) is 6.87. The van der Waals surface area contributed by atoms with Crippen LogP contribution in [-0.2, 0) is 4.74 Å². The van der Waals surface area contributed by atoms with E-state index in [9.17, 15) is 9.90 Å². The second-order valence-electron chi connectivity index (χ2n) is 6.51. The number of hydrogen-bond acceptors (Lipinski definition) is 4. The average molecular weight is 284 g/mol. The minimum absolute atomic E-state index is 0.0102. The highest BCUT2D eigenvalue weighted by Crippen LogP contribution is 2.28. The van der Waals surface area contributed by atoms with Crippen LogP contribution < -0.4 is 0 Å². The third kappa shape index (κ3) is 4.90. The van der Waals surface area contributed by atoms with Crippen molar-refractivity contribution in [3.05, 3.63) is 10.4 Å². The van der Waals surface area contributed by atoms with Crippen LogP contribution in [0.1, 0.15) is 40.5 Å². The Labute approximate surface area is 119 Å². The summed E-state index contributed by atoms with van der Waals surface area (Å²) in [5.74, 6) is -0.116. The highest BCUT2D eigenvalue weighted by atomic mass is 16.6. The first-order chi connectivity index (χ1) is 9.15. The zero-order valence-electron chi connectivity index (χ0n) is 12.7. The molecule has 0 aromatic rings. The molecule has 20 heavy (non-hydrogen) atoms. The molecular weight excluding hydrogens is 260 g/mol. The fourth-order valence-corrected chi connectivity index (χ4v) is 2.28. The summed E-state index contributed by atoms with van der Waals surface area (Å²) in [7, 11) is 0. The Kier molecular flexibility index (Phi) is 5.25. The van der Waals surface area contributed by atoms with Gasteiger partial charge in [-0.1, -0.05) is 5.11 Å². The number of azide groups is 1. The van der Waals surface area contributed by atoms with Crippen molar-refractivity contribution in [3.8, 4) is 0 Å². The lowest BCUT2D eigenvalue weighted by Crippen LogP contribution is -2.50. The number of piperidine rings is 1. The molecule has 1 saturated heterocycles. The van der Waals surface area contributed by atoms with Gasteiger partial charge in [0.1, 0.15) is 5.60 Å². The molecule has 0 aromatic heterocycles. The molecule has 1 amide bonds. The number of likely N-dealkylation sites (tertiary alicyclic amines) is 1. The fraction of sp³-hybridized carbons (Fsp3) is 0.923. The minimum atomic E-state index is -1.10. The number of carbonyl (C=O) groups is 1. The first kappa shape index (κ1) is 16.6. The van der Waals surface area contributed by atoms with Gasteiger partial charge >= 0.3 is 6.09 Å². The Balaban J connectivity index is 2.66. The summed E-state index contributed by atoms with van der Waals surface area (Å²) in [6.45, 7) is 8.17. The maximum atomic E-state index is 12.0. The van der Waals surface area contributed by atoms with Crippen LogP contribution in [0.15, 0.2) is 5.11 Å². The van der Waals surface area contributed by atoms with Crippen LogP contribution in [0, 0.1) is 5.92 Å². The van der Waals surface area contributed by atoms with E-state index in [1.165, 1.54) is 0 Å². The second-order valence-corrected chi connectivity index (χ2v) is 6.51. The van der Waals surface area contributed by atoms with Gasteiger partial charge in [0.25, 0.3) is 0 Å². The third-order valence-corrected chi connectivity index (χ3v) is 3.41. The van der Waals surface area contributed by atoms with E-state index in [1.54, 1.807) is 11.8 Å². The second kappa shape index (κ2) is 6.33. The first-order valence-electron chi connectivity index (χ1n) is 6.87. The Bertz CT molecular complexity index is 397. The van der Waals surface area contributed by atoms with Gasteiger partial charge in [-0.2, -0.15) is 0 Å². The Morgan fingerprint density at radius 3 is 2.70 bits per heavy atom. The van der Waals surface area contributed by atoms with Gasteiger partial charge in [0.15, 0.2) is 0 Å². The topological polar surface area (TPSA) is 98.5 Å². The van der Waals surface area contributed by atoms with Gasteiger partial charge in [-0.3, -0.25) is 0 Å². The molecule has 0 bridgehead atoms. The van der Waals surface area contributed by atoms with E-state index in [0.717, 1.165) is 12.8 Å². The van der Waals surface area contributed by atoms with Crippen molar-refractivity contribution in [1.29, 1.82) is 0 Å². The lowest BCUT2D eigenvalue weighted by molar-refractivity contribution is -0.0339. The summed E-state index contributed by atoms with van der Waals surface area (Å²) in [4.78, 5) is 16.3. The lowest BCUT2D eigenvalue weighted by atomic mass is 9.83. The van der Waals surface area contributed by atoms with Crippen LogP contribution in [0.25, 0.3) is 10.4 Å². The number of nitrogens with zero attached hydrogens (tertiary/aromatic N) is 4. The molecule has 1 rings (SSSR count). The summed E-state index contributed by atoms with van der Waals surface area (Å²) in [5.41, 5.74) is 6.72. The zero-order valence-corrected chi connectivity index (χ0v) is 12.7. The van der Waals surface area contributed by atoms with Crippen LogP contribution in [0.4, 0.5) is 4.79 Å². The summed E-state index contributed by atoms with van der Waals surface area (Å²) in [6.07, 6.45) is 1.24. The molecule has 0 spiro atoms. The Hall–Kier alpha value is -1.46. The molecule has 2 atom stereocenters. The monoisotopic (exact) mass is 284 g/mol. The van der Waals surface area contributed by atoms with Gasteiger partial charge in [-0.05, 0) is 46.1 Å². The molecule has 0 aromatic carbocycles. The van der Waals surface area contributed by atoms with Gasteiger partial charge < -0.3 is 14.7 Å². The molecular formula is C13H24N4O3. The van der Waals surface area contributed by atoms with Crippen LogP contribution in [0.3, 0.4) is 0 Å². The molecule has 7 nitrogen and oxygen atoms in total. The lowest BCUT2D eigenvalue weighted by Gasteiger charge is -2.40. The van der Waals surface area contributed by atoms with Crippen molar-refractivity contribution in [1.82, 2.24) is 4.90 Å². The molecule has 0 unspecified atom stereocenters. The molecule has 7 heteroatoms. The predicted octanol–water partition coefficient (Wildman–Crippen LogP) is 2.69. The predicted molar refractivity (Wildman–Crippen MR) is 75.2 cm³/mol. The standard InChI is InChI=1S/C13H24N4O3/c1-12(2,3)20-11(18)17-7-5-6-10(8-17)13(4,19)9-15-16-14/h10,19H,5-9H2,1-4H3/t10-,13+/m0/s1. The van der Waals surface area contributed by atoms with E-state index < -0.39 is 11.2 Å². The van der Waals surface area contributed by atoms with Crippen molar-refractivity contribution in [2.45, 2.75) is 51.7 Å². The molecule has 1 aliphatic rings. The quantitative estimate of drug-likeness (QED) is 0.490. The summed E-state index contributed by atoms with van der Waals surface area (Å²) in [6, 6.07) is 0. The van der Waals surface area contributed by atoms with Crippen molar-refractivity contribution >= 4 is 6.09 Å². The number of carbonyl (C=O) groups excluding carboxylic acids is 1. The van der Waals surface area contributed by atoms with E-state index >= 15 is 0 Å². The highest BCUT2D eigenvalue weighted by molar-refractivity contribution is 5.68. The van der Waals surface area contributed by atoms with Crippen molar-refractivity contribution in [3.63, 3.8) is 0 Å². The van der Waals surface area contributed by atoms with E-state index in [1.807, 2.05) is 20.8 Å². The van der Waals surface area contributed by atoms with Crippen LogP contribution >= 0.6 is 0 Å². The largest absolute Gasteiger partial charge is 0.444 e. The van der Waals surface area contributed by atoms with E-state index in [0.29, 0.717) is 13.1 Å². The zero-order chi connectivity index (χ0) is 15.4. The van der Waals surface area contributed by atoms with Crippen LogP contribution in [0.5, 0.6) is 0 Å². The summed E-state index contributed by atoms with van der Waals surface area (Å²) < 4.78 is 5.34. The Morgan fingerprint density at radius 1 is 1.50 bits per heavy atom. The van der Waals surface area contributed by atoms with E-state index in [-0.39, 0.29) is 18.6 Å². The van der Waals surface area contributed by atoms with Gasteiger partial charge in [0, 0.05) is 23.9 Å². The molecule has 1 heterocycles. The van der Waals surface area contributed by atoms with Crippen LogP contribution in [-0.4, -0.2) is 46.9 Å². The maximum absolute atomic E-state index is 12.0. The molecule has 0 saturated carbocycles. The number of ether oxygens (including phenoxy) is 1. The number of aliphatic hydroxyl groups is 1. The van der Waals surface area contributed by atoms with Crippen molar-refractivity contribution in [2.75, 3.05) is 19.6 Å². The van der Waals surface area contributed by atoms with Gasteiger partial charge in [0.2, 0.25) is 0 Å². The maximum Gasteiger partial charge on any atom is 0.410 e. The molecule has 1 fully saturated rings. The smallest absolute Gasteiger partial charge is 0.410 e. The third-order valence-electron chi connectivity index (χ3n) is 3.41. The van der Waals surface area contributed by atoms with Gasteiger partial charge in [0.05, 0.1) is 12.1 Å². The molecule has 0 aliphatic carbocycles. The number of hydrogen-bond donors (Lipinski definition) is 1. The van der Waals surface area contributed by atoms with E-state index in [4.69, 9.17) is 10.3 Å². The van der Waals surface area contributed by atoms with Gasteiger partial charge in [-0.15, -0.1) is 0 Å². The normalized spacial score (nSPS) is 22.6. The molecule has 1 N–H and O–H groups in total. The van der Waals surface area contributed by atoms with Gasteiger partial charge in [-0.25, -0.2) is 4.79 Å². The highest BCUT2D eigenvalue weighted by Gasteiger charge is 2.37.